The van der Waals surface area contributed by atoms with Crippen LogP contribution >= 0.6 is 43.2 Å². The van der Waals surface area contributed by atoms with Crippen molar-refractivity contribution < 1.29 is 14.6 Å². The van der Waals surface area contributed by atoms with Crippen LogP contribution in [0.25, 0.3) is 10.1 Å². The molecule has 0 spiro atoms. The van der Waals surface area contributed by atoms with E-state index in [9.17, 15) is 9.90 Å². The Kier molecular flexibility index (Phi) is 3.99. The Morgan fingerprint density at radius 2 is 2.17 bits per heavy atom. The molecule has 0 saturated heterocycles. The van der Waals surface area contributed by atoms with Crippen molar-refractivity contribution in [1.82, 2.24) is 0 Å². The molecule has 0 bridgehead atoms. The lowest BCUT2D eigenvalue weighted by Crippen LogP contribution is -2.03. The smallest absolute Gasteiger partial charge is 0.348 e. The molecule has 18 heavy (non-hydrogen) atoms. The van der Waals surface area contributed by atoms with Gasteiger partial charge in [-0.15, -0.1) is 11.3 Å². The van der Waals surface area contributed by atoms with Crippen LogP contribution in [0, 0.1) is 6.92 Å². The molecule has 0 radical (unpaired) electrons. The van der Waals surface area contributed by atoms with Crippen LogP contribution in [-0.4, -0.2) is 17.7 Å². The molecule has 0 unspecified atom stereocenters. The summed E-state index contributed by atoms with van der Waals surface area (Å²) < 4.78 is 7.13. The van der Waals surface area contributed by atoms with Crippen LogP contribution in [0.5, 0.6) is 5.75 Å². The standard InChI is InChI=1S/C12H10Br2O3S/c1-3-17-12(16)11-5(2)8-7(18-11)4-6(13)10(15)9(8)14/h4,15H,3H2,1-2H3. The summed E-state index contributed by atoms with van der Waals surface area (Å²) >= 11 is 8.00. The number of esters is 1. The molecule has 6 heteroatoms. The zero-order valence-electron chi connectivity index (χ0n) is 9.71. The highest BCUT2D eigenvalue weighted by Crippen LogP contribution is 2.44. The van der Waals surface area contributed by atoms with Gasteiger partial charge in [-0.2, -0.15) is 0 Å². The molecule has 2 aromatic rings. The van der Waals surface area contributed by atoms with Gasteiger partial charge < -0.3 is 9.84 Å². The maximum absolute atomic E-state index is 11.8. The van der Waals surface area contributed by atoms with Crippen LogP contribution in [0.15, 0.2) is 15.0 Å². The van der Waals surface area contributed by atoms with Gasteiger partial charge in [0, 0.05) is 10.1 Å². The summed E-state index contributed by atoms with van der Waals surface area (Å²) in [4.78, 5) is 12.4. The Morgan fingerprint density at radius 1 is 1.50 bits per heavy atom. The van der Waals surface area contributed by atoms with Gasteiger partial charge in [0.25, 0.3) is 0 Å². The van der Waals surface area contributed by atoms with E-state index in [2.05, 4.69) is 31.9 Å². The number of halogens is 2. The Hall–Kier alpha value is -0.590. The normalized spacial score (nSPS) is 10.9. The van der Waals surface area contributed by atoms with E-state index in [1.165, 1.54) is 11.3 Å². The van der Waals surface area contributed by atoms with Crippen molar-refractivity contribution in [1.29, 1.82) is 0 Å². The number of phenolic OH excluding ortho intramolecular Hbond substituents is 1. The number of carbonyl (C=O) groups excluding carboxylic acids is 1. The largest absolute Gasteiger partial charge is 0.506 e. The predicted molar refractivity (Wildman–Crippen MR) is 79.6 cm³/mol. The Bertz CT molecular complexity index is 634. The second-order valence-corrected chi connectivity index (χ2v) is 6.37. The number of phenols is 1. The lowest BCUT2D eigenvalue weighted by atomic mass is 10.1. The van der Waals surface area contributed by atoms with Gasteiger partial charge in [-0.05, 0) is 57.3 Å². The van der Waals surface area contributed by atoms with Gasteiger partial charge in [-0.3, -0.25) is 0 Å². The third kappa shape index (κ3) is 2.17. The highest BCUT2D eigenvalue weighted by Gasteiger charge is 2.20. The van der Waals surface area contributed by atoms with Crippen molar-refractivity contribution in [3.8, 4) is 5.75 Å². The zero-order chi connectivity index (χ0) is 13.4. The van der Waals surface area contributed by atoms with E-state index in [1.807, 2.05) is 6.92 Å². The van der Waals surface area contributed by atoms with Crippen LogP contribution in [0.2, 0.25) is 0 Å². The summed E-state index contributed by atoms with van der Waals surface area (Å²) in [6.07, 6.45) is 0. The average molecular weight is 394 g/mol. The summed E-state index contributed by atoms with van der Waals surface area (Å²) in [5, 5.41) is 10.7. The number of hydrogen-bond acceptors (Lipinski definition) is 4. The number of fused-ring (bicyclic) bond motifs is 1. The maximum Gasteiger partial charge on any atom is 0.348 e. The summed E-state index contributed by atoms with van der Waals surface area (Å²) in [7, 11) is 0. The summed E-state index contributed by atoms with van der Waals surface area (Å²) in [5.41, 5.74) is 0.822. The summed E-state index contributed by atoms with van der Waals surface area (Å²) in [6.45, 7) is 3.98. The fourth-order valence-corrected chi connectivity index (χ4v) is 4.56. The number of carbonyl (C=O) groups is 1. The van der Waals surface area contributed by atoms with Gasteiger partial charge in [0.2, 0.25) is 0 Å². The Balaban J connectivity index is 2.71. The van der Waals surface area contributed by atoms with Gasteiger partial charge in [0.1, 0.15) is 10.6 Å². The minimum atomic E-state index is -0.321. The lowest BCUT2D eigenvalue weighted by Gasteiger charge is -2.03. The molecule has 0 fully saturated rings. The van der Waals surface area contributed by atoms with Gasteiger partial charge in [-0.1, -0.05) is 0 Å². The van der Waals surface area contributed by atoms with E-state index in [0.717, 1.165) is 15.6 Å². The highest BCUT2D eigenvalue weighted by atomic mass is 79.9. The first-order valence-electron chi connectivity index (χ1n) is 5.24. The first-order valence-corrected chi connectivity index (χ1v) is 7.64. The zero-order valence-corrected chi connectivity index (χ0v) is 13.7. The first kappa shape index (κ1) is 13.8. The van der Waals surface area contributed by atoms with E-state index in [0.29, 0.717) is 20.4 Å². The molecule has 0 aliphatic carbocycles. The number of thiophene rings is 1. The summed E-state index contributed by atoms with van der Waals surface area (Å²) in [6, 6.07) is 1.80. The molecule has 0 amide bonds. The van der Waals surface area contributed by atoms with Crippen LogP contribution in [0.4, 0.5) is 0 Å². The second kappa shape index (κ2) is 5.19. The molecule has 0 saturated carbocycles. The number of benzene rings is 1. The van der Waals surface area contributed by atoms with Crippen molar-refractivity contribution in [2.75, 3.05) is 6.61 Å². The first-order chi connectivity index (χ1) is 8.47. The minimum absolute atomic E-state index is 0.138. The van der Waals surface area contributed by atoms with Gasteiger partial charge >= 0.3 is 5.97 Å². The fraction of sp³-hybridized carbons (Fsp3) is 0.250. The molecule has 1 heterocycles. The van der Waals surface area contributed by atoms with Crippen molar-refractivity contribution in [2.45, 2.75) is 13.8 Å². The number of aromatic hydroxyl groups is 1. The Labute approximate surface area is 125 Å². The molecule has 0 atom stereocenters. The number of aryl methyl sites for hydroxylation is 1. The van der Waals surface area contributed by atoms with E-state index >= 15 is 0 Å². The molecule has 1 aromatic heterocycles. The topological polar surface area (TPSA) is 46.5 Å². The molecule has 0 aliphatic rings. The van der Waals surface area contributed by atoms with Crippen molar-refractivity contribution in [2.24, 2.45) is 0 Å². The number of hydrogen-bond donors (Lipinski definition) is 1. The van der Waals surface area contributed by atoms with Crippen LogP contribution in [0.3, 0.4) is 0 Å². The maximum atomic E-state index is 11.8. The van der Waals surface area contributed by atoms with E-state index < -0.39 is 0 Å². The quantitative estimate of drug-likeness (QED) is 0.757. The molecule has 1 aromatic carbocycles. The van der Waals surface area contributed by atoms with E-state index in [4.69, 9.17) is 4.74 Å². The van der Waals surface area contributed by atoms with Crippen molar-refractivity contribution in [3.63, 3.8) is 0 Å². The number of rotatable bonds is 2. The fourth-order valence-electron chi connectivity index (χ4n) is 1.71. The monoisotopic (exact) mass is 392 g/mol. The molecular formula is C12H10Br2O3S. The minimum Gasteiger partial charge on any atom is -0.506 e. The molecule has 1 N–H and O–H groups in total. The lowest BCUT2D eigenvalue weighted by molar-refractivity contribution is 0.0531. The van der Waals surface area contributed by atoms with Crippen LogP contribution in [0.1, 0.15) is 22.2 Å². The molecule has 3 nitrogen and oxygen atoms in total. The SMILES string of the molecule is CCOC(=O)c1sc2cc(Br)c(O)c(Br)c2c1C. The molecule has 2 rings (SSSR count). The van der Waals surface area contributed by atoms with Crippen molar-refractivity contribution >= 4 is 59.3 Å². The second-order valence-electron chi connectivity index (χ2n) is 3.67. The van der Waals surface area contributed by atoms with Gasteiger partial charge in [-0.25, -0.2) is 4.79 Å². The van der Waals surface area contributed by atoms with E-state index in [-0.39, 0.29) is 11.7 Å². The van der Waals surface area contributed by atoms with Crippen LogP contribution < -0.4 is 0 Å². The van der Waals surface area contributed by atoms with Crippen molar-refractivity contribution in [3.05, 3.63) is 25.5 Å². The van der Waals surface area contributed by atoms with Crippen LogP contribution in [-0.2, 0) is 4.74 Å². The molecular weight excluding hydrogens is 384 g/mol. The third-order valence-corrected chi connectivity index (χ3v) is 5.14. The van der Waals surface area contributed by atoms with Gasteiger partial charge in [0.15, 0.2) is 0 Å². The highest BCUT2D eigenvalue weighted by molar-refractivity contribution is 9.11. The molecule has 0 aliphatic heterocycles. The van der Waals surface area contributed by atoms with E-state index in [1.54, 1.807) is 13.0 Å². The average Bonchev–Trinajstić information content (AvgIpc) is 2.64. The molecule has 96 valence electrons. The third-order valence-electron chi connectivity index (χ3n) is 2.55. The summed E-state index contributed by atoms with van der Waals surface area (Å²) in [5.74, 6) is -0.183. The predicted octanol–water partition coefficient (Wildman–Crippen LogP) is 4.62. The Morgan fingerprint density at radius 3 is 2.78 bits per heavy atom. The van der Waals surface area contributed by atoms with Gasteiger partial charge in [0.05, 0.1) is 15.6 Å². The number of ether oxygens (including phenoxy) is 1.